The third-order valence-corrected chi connectivity index (χ3v) is 3.97. The molecule has 5 heteroatoms. The fourth-order valence-corrected chi connectivity index (χ4v) is 3.06. The predicted octanol–water partition coefficient (Wildman–Crippen LogP) is 2.92. The maximum atomic E-state index is 12.3. The topological polar surface area (TPSA) is 59.2 Å². The number of ether oxygens (including phenoxy) is 1. The summed E-state index contributed by atoms with van der Waals surface area (Å²) in [6, 6.07) is 8.98. The van der Waals surface area contributed by atoms with E-state index in [1.807, 2.05) is 18.2 Å². The molecule has 0 bridgehead atoms. The molecule has 0 saturated heterocycles. The largest absolute Gasteiger partial charge is 0.461 e. The van der Waals surface area contributed by atoms with Crippen LogP contribution in [0.5, 0.6) is 0 Å². The van der Waals surface area contributed by atoms with E-state index in [0.717, 1.165) is 4.70 Å². The van der Waals surface area contributed by atoms with Crippen molar-refractivity contribution in [3.8, 4) is 0 Å². The summed E-state index contributed by atoms with van der Waals surface area (Å²) in [5.41, 5.74) is 0.261. The number of carbonyl (C=O) groups is 1. The van der Waals surface area contributed by atoms with Crippen molar-refractivity contribution in [3.63, 3.8) is 0 Å². The Kier molecular flexibility index (Phi) is 2.83. The van der Waals surface area contributed by atoms with Crippen molar-refractivity contribution in [2.24, 2.45) is 0 Å². The van der Waals surface area contributed by atoms with E-state index in [0.29, 0.717) is 27.9 Å². The molecule has 96 valence electrons. The summed E-state index contributed by atoms with van der Waals surface area (Å²) in [7, 11) is 0. The predicted molar refractivity (Wildman–Crippen MR) is 75.9 cm³/mol. The Bertz CT molecular complexity index is 831. The number of hydrogen-bond acceptors (Lipinski definition) is 4. The van der Waals surface area contributed by atoms with E-state index in [4.69, 9.17) is 4.74 Å². The van der Waals surface area contributed by atoms with Gasteiger partial charge in [0, 0.05) is 10.1 Å². The lowest BCUT2D eigenvalue weighted by atomic mass is 10.2. The Morgan fingerprint density at radius 2 is 2.11 bits per heavy atom. The number of hydrogen-bond donors (Lipinski definition) is 1. The average Bonchev–Trinajstić information content (AvgIpc) is 2.84. The zero-order valence-electron chi connectivity index (χ0n) is 10.2. The maximum absolute atomic E-state index is 12.3. The number of H-pyrrole nitrogens is 1. The SMILES string of the molecule is CCOC(=O)c1cc2c(=O)c3ccccc3sc2[nH]1. The molecule has 0 aliphatic rings. The van der Waals surface area contributed by atoms with Crippen LogP contribution in [0, 0.1) is 0 Å². The van der Waals surface area contributed by atoms with Gasteiger partial charge in [-0.05, 0) is 25.1 Å². The molecule has 1 aromatic carbocycles. The van der Waals surface area contributed by atoms with E-state index < -0.39 is 5.97 Å². The molecule has 0 saturated carbocycles. The minimum absolute atomic E-state index is 0.0591. The Morgan fingerprint density at radius 1 is 1.32 bits per heavy atom. The minimum atomic E-state index is -0.436. The molecule has 0 unspecified atom stereocenters. The van der Waals surface area contributed by atoms with Gasteiger partial charge in [-0.2, -0.15) is 0 Å². The second kappa shape index (κ2) is 4.51. The van der Waals surface area contributed by atoms with Gasteiger partial charge in [0.2, 0.25) is 0 Å². The highest BCUT2D eigenvalue weighted by atomic mass is 32.1. The first-order valence-electron chi connectivity index (χ1n) is 5.92. The summed E-state index contributed by atoms with van der Waals surface area (Å²) in [4.78, 5) is 27.6. The van der Waals surface area contributed by atoms with Crippen molar-refractivity contribution < 1.29 is 9.53 Å². The van der Waals surface area contributed by atoms with Gasteiger partial charge in [0.1, 0.15) is 10.5 Å². The van der Waals surface area contributed by atoms with Crippen LogP contribution < -0.4 is 5.43 Å². The smallest absolute Gasteiger partial charge is 0.354 e. The molecule has 0 atom stereocenters. The first-order valence-corrected chi connectivity index (χ1v) is 6.74. The molecule has 0 fully saturated rings. The summed E-state index contributed by atoms with van der Waals surface area (Å²) in [6.45, 7) is 2.06. The van der Waals surface area contributed by atoms with E-state index in [2.05, 4.69) is 4.98 Å². The second-order valence-corrected chi connectivity index (χ2v) is 5.13. The Hall–Kier alpha value is -2.14. The van der Waals surface area contributed by atoms with Gasteiger partial charge in [0.15, 0.2) is 5.43 Å². The lowest BCUT2D eigenvalue weighted by Crippen LogP contribution is -2.04. The summed E-state index contributed by atoms with van der Waals surface area (Å²) < 4.78 is 5.83. The van der Waals surface area contributed by atoms with Crippen LogP contribution in [0.1, 0.15) is 17.4 Å². The standard InChI is InChI=1S/C14H11NO3S/c1-2-18-14(17)10-7-9-12(16)8-5-3-4-6-11(8)19-13(9)15-10/h3-7,15H,2H2,1H3. The quantitative estimate of drug-likeness (QED) is 0.730. The molecular weight excluding hydrogens is 262 g/mol. The van der Waals surface area contributed by atoms with Crippen LogP contribution in [0.2, 0.25) is 0 Å². The van der Waals surface area contributed by atoms with Crippen molar-refractivity contribution in [1.82, 2.24) is 4.98 Å². The maximum Gasteiger partial charge on any atom is 0.354 e. The minimum Gasteiger partial charge on any atom is -0.461 e. The molecule has 0 radical (unpaired) electrons. The van der Waals surface area contributed by atoms with Crippen molar-refractivity contribution in [3.05, 3.63) is 46.2 Å². The number of carbonyl (C=O) groups excluding carboxylic acids is 1. The molecule has 2 aromatic heterocycles. The number of rotatable bonds is 2. The number of fused-ring (bicyclic) bond motifs is 2. The van der Waals surface area contributed by atoms with Gasteiger partial charge in [-0.25, -0.2) is 4.79 Å². The first-order chi connectivity index (χ1) is 9.20. The summed E-state index contributed by atoms with van der Waals surface area (Å²) in [6.07, 6.45) is 0. The molecule has 0 aliphatic carbocycles. The normalized spacial score (nSPS) is 11.0. The highest BCUT2D eigenvalue weighted by Gasteiger charge is 2.14. The van der Waals surface area contributed by atoms with Crippen LogP contribution in [-0.2, 0) is 4.74 Å². The van der Waals surface area contributed by atoms with Gasteiger partial charge >= 0.3 is 5.97 Å². The highest BCUT2D eigenvalue weighted by Crippen LogP contribution is 2.24. The third kappa shape index (κ3) is 1.92. The van der Waals surface area contributed by atoms with Crippen LogP contribution in [-0.4, -0.2) is 17.6 Å². The molecule has 3 aromatic rings. The monoisotopic (exact) mass is 273 g/mol. The van der Waals surface area contributed by atoms with Crippen molar-refractivity contribution >= 4 is 37.6 Å². The van der Waals surface area contributed by atoms with Gasteiger partial charge in [-0.3, -0.25) is 4.79 Å². The van der Waals surface area contributed by atoms with Crippen LogP contribution >= 0.6 is 11.3 Å². The highest BCUT2D eigenvalue weighted by molar-refractivity contribution is 7.24. The summed E-state index contributed by atoms with van der Waals surface area (Å²) >= 11 is 1.46. The fourth-order valence-electron chi connectivity index (χ4n) is 2.00. The van der Waals surface area contributed by atoms with Crippen LogP contribution in [0.25, 0.3) is 20.3 Å². The summed E-state index contributed by atoms with van der Waals surface area (Å²) in [5, 5.41) is 1.21. The molecule has 0 aliphatic heterocycles. The Labute approximate surface area is 112 Å². The number of nitrogens with one attached hydrogen (secondary N) is 1. The molecule has 3 rings (SSSR count). The lowest BCUT2D eigenvalue weighted by Gasteiger charge is -1.96. The van der Waals surface area contributed by atoms with Crippen molar-refractivity contribution in [2.45, 2.75) is 6.92 Å². The van der Waals surface area contributed by atoms with Crippen molar-refractivity contribution in [2.75, 3.05) is 6.61 Å². The number of aromatic amines is 1. The van der Waals surface area contributed by atoms with Gasteiger partial charge in [-0.1, -0.05) is 12.1 Å². The van der Waals surface area contributed by atoms with E-state index in [1.54, 1.807) is 19.1 Å². The van der Waals surface area contributed by atoms with Crippen LogP contribution in [0.3, 0.4) is 0 Å². The zero-order chi connectivity index (χ0) is 13.4. The summed E-state index contributed by atoms with van der Waals surface area (Å²) in [5.74, 6) is -0.436. The van der Waals surface area contributed by atoms with E-state index in [-0.39, 0.29) is 5.43 Å². The van der Waals surface area contributed by atoms with Crippen LogP contribution in [0.15, 0.2) is 35.1 Å². The molecule has 19 heavy (non-hydrogen) atoms. The second-order valence-electron chi connectivity index (χ2n) is 4.07. The average molecular weight is 273 g/mol. The van der Waals surface area contributed by atoms with Gasteiger partial charge in [0.25, 0.3) is 0 Å². The molecule has 2 heterocycles. The third-order valence-electron chi connectivity index (χ3n) is 2.87. The fraction of sp³-hybridized carbons (Fsp3) is 0.143. The molecule has 4 nitrogen and oxygen atoms in total. The number of benzene rings is 1. The molecule has 0 spiro atoms. The number of esters is 1. The molecule has 0 amide bonds. The number of aromatic nitrogens is 1. The molecule has 1 N–H and O–H groups in total. The van der Waals surface area contributed by atoms with E-state index >= 15 is 0 Å². The van der Waals surface area contributed by atoms with E-state index in [1.165, 1.54) is 11.3 Å². The van der Waals surface area contributed by atoms with Gasteiger partial charge in [-0.15, -0.1) is 11.3 Å². The van der Waals surface area contributed by atoms with Gasteiger partial charge < -0.3 is 9.72 Å². The Morgan fingerprint density at radius 3 is 2.89 bits per heavy atom. The molecular formula is C14H11NO3S. The first kappa shape index (κ1) is 11.9. The van der Waals surface area contributed by atoms with Crippen molar-refractivity contribution in [1.29, 1.82) is 0 Å². The lowest BCUT2D eigenvalue weighted by molar-refractivity contribution is 0.0520. The van der Waals surface area contributed by atoms with E-state index in [9.17, 15) is 9.59 Å². The zero-order valence-corrected chi connectivity index (χ0v) is 11.0. The van der Waals surface area contributed by atoms with Gasteiger partial charge in [0.05, 0.1) is 12.0 Å². The van der Waals surface area contributed by atoms with Crippen LogP contribution in [0.4, 0.5) is 0 Å². The Balaban J connectivity index is 2.28.